The smallest absolute Gasteiger partial charge is 0.199 e. The Morgan fingerprint density at radius 1 is 0.370 bits per heavy atom. The molecular weight excluding hydrogens is 443 g/mol. The first-order valence-corrected chi connectivity index (χ1v) is 5.83. The number of hydrogen-bond acceptors (Lipinski definition) is 0. The zero-order valence-electron chi connectivity index (χ0n) is 12.0. The van der Waals surface area contributed by atoms with Gasteiger partial charge < -0.3 is 0 Å². The molecule has 0 rings (SSSR count). The molecule has 0 aromatic carbocycles. The van der Waals surface area contributed by atoms with Crippen molar-refractivity contribution in [3.05, 3.63) is 6.42 Å². The quantitative estimate of drug-likeness (QED) is 0.407. The van der Waals surface area contributed by atoms with Crippen molar-refractivity contribution in [2.75, 3.05) is 0 Å². The van der Waals surface area contributed by atoms with Crippen LogP contribution in [-0.2, 0) is 0 Å². The maximum absolute atomic E-state index is 13.0. The van der Waals surface area contributed by atoms with E-state index in [0.717, 1.165) is 0 Å². The average Bonchev–Trinajstić information content (AvgIpc) is 2.44. The number of halogens is 17. The molecule has 0 N–H and O–H groups in total. The predicted octanol–water partition coefficient (Wildman–Crippen LogP) is 6.22. The standard InChI is InChI=1S/C10H4F17/c1-2-3(11,12)4(13,14)5(15,16)6(17,18)7(19,20)8(21,22)9(23,24)10(25,26)27/h2H,1H3. The first-order valence-electron chi connectivity index (χ1n) is 5.83. The van der Waals surface area contributed by atoms with Crippen LogP contribution < -0.4 is 0 Å². The molecule has 0 heterocycles. The normalized spacial score (nSPS) is 16.7. The maximum atomic E-state index is 13.0. The van der Waals surface area contributed by atoms with E-state index in [-0.39, 0.29) is 6.92 Å². The van der Waals surface area contributed by atoms with Crippen LogP contribution in [0.5, 0.6) is 0 Å². The van der Waals surface area contributed by atoms with Gasteiger partial charge >= 0.3 is 47.6 Å². The molecular formula is C10H4F17. The van der Waals surface area contributed by atoms with E-state index in [9.17, 15) is 74.6 Å². The lowest BCUT2D eigenvalue weighted by Crippen LogP contribution is -2.74. The number of alkyl halides is 17. The first kappa shape index (κ1) is 25.8. The van der Waals surface area contributed by atoms with Crippen LogP contribution in [0.15, 0.2) is 0 Å². The van der Waals surface area contributed by atoms with Gasteiger partial charge in [0.05, 0.1) is 0 Å². The average molecular weight is 447 g/mol. The van der Waals surface area contributed by atoms with Gasteiger partial charge in [-0.25, -0.2) is 0 Å². The summed E-state index contributed by atoms with van der Waals surface area (Å²) in [5.41, 5.74) is 0. The molecule has 0 aromatic rings. The lowest BCUT2D eigenvalue weighted by Gasteiger charge is -2.42. The second-order valence-corrected chi connectivity index (χ2v) is 4.86. The molecule has 0 fully saturated rings. The Morgan fingerprint density at radius 2 is 0.593 bits per heavy atom. The molecule has 0 aromatic heterocycles. The maximum Gasteiger partial charge on any atom is 0.460 e. The highest BCUT2D eigenvalue weighted by atomic mass is 19.4. The lowest BCUT2D eigenvalue weighted by atomic mass is 9.88. The van der Waals surface area contributed by atoms with Gasteiger partial charge in [0.25, 0.3) is 0 Å². The van der Waals surface area contributed by atoms with Gasteiger partial charge in [-0.2, -0.15) is 74.6 Å². The Balaban J connectivity index is 6.65. The fraction of sp³-hybridized carbons (Fsp3) is 0.900. The third-order valence-corrected chi connectivity index (χ3v) is 3.11. The summed E-state index contributed by atoms with van der Waals surface area (Å²) in [5.74, 6) is -55.9. The summed E-state index contributed by atoms with van der Waals surface area (Å²) in [5, 5.41) is 0. The van der Waals surface area contributed by atoms with E-state index in [1.54, 1.807) is 0 Å². The Bertz CT molecular complexity index is 538. The monoisotopic (exact) mass is 447 g/mol. The van der Waals surface area contributed by atoms with E-state index in [0.29, 0.717) is 0 Å². The van der Waals surface area contributed by atoms with Gasteiger partial charge in [0.1, 0.15) is 0 Å². The number of hydrogen-bond donors (Lipinski definition) is 0. The van der Waals surface area contributed by atoms with E-state index in [1.165, 1.54) is 0 Å². The molecule has 1 radical (unpaired) electrons. The summed E-state index contributed by atoms with van der Waals surface area (Å²) in [4.78, 5) is 0. The van der Waals surface area contributed by atoms with Gasteiger partial charge in [0.15, 0.2) is 0 Å². The molecule has 0 nitrogen and oxygen atoms in total. The van der Waals surface area contributed by atoms with Crippen LogP contribution in [0, 0.1) is 6.42 Å². The van der Waals surface area contributed by atoms with Crippen LogP contribution in [0.2, 0.25) is 0 Å². The molecule has 0 spiro atoms. The third-order valence-electron chi connectivity index (χ3n) is 3.11. The van der Waals surface area contributed by atoms with Gasteiger partial charge in [-0.3, -0.25) is 0 Å². The molecule has 0 unspecified atom stereocenters. The van der Waals surface area contributed by atoms with E-state index in [2.05, 4.69) is 0 Å². The van der Waals surface area contributed by atoms with Gasteiger partial charge in [-0.15, -0.1) is 0 Å². The van der Waals surface area contributed by atoms with Crippen molar-refractivity contribution in [3.8, 4) is 0 Å². The van der Waals surface area contributed by atoms with Crippen molar-refractivity contribution in [2.45, 2.75) is 54.6 Å². The SMILES string of the molecule is C[CH]C(F)(F)C(F)(F)C(F)(F)C(F)(F)C(F)(F)C(F)(F)C(F)(F)C(F)(F)F. The largest absolute Gasteiger partial charge is 0.460 e. The zero-order chi connectivity index (χ0) is 22.7. The van der Waals surface area contributed by atoms with E-state index in [4.69, 9.17) is 0 Å². The molecule has 163 valence electrons. The Kier molecular flexibility index (Phi) is 5.88. The summed E-state index contributed by atoms with van der Waals surface area (Å²) in [6.07, 6.45) is -8.99. The second kappa shape index (κ2) is 6.15. The summed E-state index contributed by atoms with van der Waals surface area (Å²) >= 11 is 0. The fourth-order valence-corrected chi connectivity index (χ4v) is 1.36. The molecule has 0 saturated carbocycles. The van der Waals surface area contributed by atoms with Crippen molar-refractivity contribution in [2.24, 2.45) is 0 Å². The molecule has 27 heavy (non-hydrogen) atoms. The lowest BCUT2D eigenvalue weighted by molar-refractivity contribution is -0.460. The van der Waals surface area contributed by atoms with Crippen LogP contribution >= 0.6 is 0 Å². The van der Waals surface area contributed by atoms with E-state index >= 15 is 0 Å². The molecule has 0 aliphatic carbocycles. The van der Waals surface area contributed by atoms with Crippen LogP contribution in [0.3, 0.4) is 0 Å². The summed E-state index contributed by atoms with van der Waals surface area (Å²) in [6, 6.07) is 0. The molecule has 17 heteroatoms. The van der Waals surface area contributed by atoms with Crippen molar-refractivity contribution in [1.82, 2.24) is 0 Å². The summed E-state index contributed by atoms with van der Waals surface area (Å²) in [7, 11) is 0. The predicted molar refractivity (Wildman–Crippen MR) is 50.7 cm³/mol. The van der Waals surface area contributed by atoms with Crippen LogP contribution in [0.1, 0.15) is 6.92 Å². The Morgan fingerprint density at radius 3 is 0.815 bits per heavy atom. The van der Waals surface area contributed by atoms with Gasteiger partial charge in [-0.1, -0.05) is 6.92 Å². The molecule has 0 amide bonds. The Hall–Kier alpha value is -1.19. The van der Waals surface area contributed by atoms with Crippen molar-refractivity contribution >= 4 is 0 Å². The van der Waals surface area contributed by atoms with Crippen LogP contribution in [0.25, 0.3) is 0 Å². The zero-order valence-corrected chi connectivity index (χ0v) is 12.0. The van der Waals surface area contributed by atoms with Crippen LogP contribution in [0.4, 0.5) is 74.6 Å². The van der Waals surface area contributed by atoms with Crippen LogP contribution in [-0.4, -0.2) is 47.6 Å². The van der Waals surface area contributed by atoms with E-state index < -0.39 is 54.1 Å². The molecule has 0 bridgehead atoms. The highest BCUT2D eigenvalue weighted by molar-refractivity contribution is 5.16. The number of rotatable bonds is 7. The minimum absolute atomic E-state index is 0.188. The van der Waals surface area contributed by atoms with Crippen molar-refractivity contribution in [3.63, 3.8) is 0 Å². The molecule has 0 saturated heterocycles. The fourth-order valence-electron chi connectivity index (χ4n) is 1.36. The highest BCUT2D eigenvalue weighted by Gasteiger charge is 2.95. The highest BCUT2D eigenvalue weighted by Crippen LogP contribution is 2.64. The molecule has 0 atom stereocenters. The first-order chi connectivity index (χ1) is 11.3. The van der Waals surface area contributed by atoms with Gasteiger partial charge in [0, 0.05) is 6.42 Å². The van der Waals surface area contributed by atoms with Gasteiger partial charge in [-0.05, 0) is 0 Å². The second-order valence-electron chi connectivity index (χ2n) is 4.86. The van der Waals surface area contributed by atoms with Crippen molar-refractivity contribution in [1.29, 1.82) is 0 Å². The van der Waals surface area contributed by atoms with E-state index in [1.807, 2.05) is 0 Å². The minimum Gasteiger partial charge on any atom is -0.199 e. The summed E-state index contributed by atoms with van der Waals surface area (Å²) in [6.45, 7) is -0.188. The topological polar surface area (TPSA) is 0 Å². The molecule has 0 aliphatic rings. The minimum atomic E-state index is -8.57. The Labute approximate surface area is 137 Å². The van der Waals surface area contributed by atoms with Crippen molar-refractivity contribution < 1.29 is 74.6 Å². The van der Waals surface area contributed by atoms with Gasteiger partial charge in [0.2, 0.25) is 0 Å². The third kappa shape index (κ3) is 3.07. The molecule has 0 aliphatic heterocycles. The summed E-state index contributed by atoms with van der Waals surface area (Å²) < 4.78 is 215.